The molecule has 2 aliphatic rings. The number of carboxylic acid groups (broad SMARTS) is 1. The molecule has 1 saturated heterocycles. The van der Waals surface area contributed by atoms with Crippen LogP contribution < -0.4 is 5.32 Å². The van der Waals surface area contributed by atoms with Crippen LogP contribution in [0.5, 0.6) is 0 Å². The second-order valence-electron chi connectivity index (χ2n) is 7.56. The zero-order valence-electron chi connectivity index (χ0n) is 14.3. The predicted molar refractivity (Wildman–Crippen MR) is 88.2 cm³/mol. The molecule has 1 amide bonds. The predicted octanol–water partition coefficient (Wildman–Crippen LogP) is 0.821. The van der Waals surface area contributed by atoms with E-state index >= 15 is 0 Å². The molecule has 1 aromatic heterocycles. The van der Waals surface area contributed by atoms with E-state index in [4.69, 9.17) is 5.11 Å². The van der Waals surface area contributed by atoms with Crippen LogP contribution in [-0.4, -0.2) is 57.3 Å². The van der Waals surface area contributed by atoms with Crippen molar-refractivity contribution >= 4 is 11.9 Å². The molecule has 1 aromatic rings. The lowest BCUT2D eigenvalue weighted by Gasteiger charge is -2.25. The summed E-state index contributed by atoms with van der Waals surface area (Å²) < 4.78 is 1.82. The van der Waals surface area contributed by atoms with Gasteiger partial charge in [0.15, 0.2) is 0 Å². The van der Waals surface area contributed by atoms with Crippen molar-refractivity contribution in [3.8, 4) is 0 Å². The molecule has 0 radical (unpaired) electrons. The van der Waals surface area contributed by atoms with E-state index in [2.05, 4.69) is 24.3 Å². The lowest BCUT2D eigenvalue weighted by Crippen LogP contribution is -2.46. The first-order valence-corrected chi connectivity index (χ1v) is 8.62. The van der Waals surface area contributed by atoms with Gasteiger partial charge in [0.2, 0.25) is 5.91 Å². The Morgan fingerprint density at radius 2 is 2.12 bits per heavy atom. The van der Waals surface area contributed by atoms with E-state index < -0.39 is 5.97 Å². The molecule has 1 aliphatic carbocycles. The number of carbonyl (C=O) groups is 2. The molecule has 0 bridgehead atoms. The number of aliphatic carboxylic acids is 1. The van der Waals surface area contributed by atoms with Crippen molar-refractivity contribution in [2.45, 2.75) is 39.3 Å². The van der Waals surface area contributed by atoms with Gasteiger partial charge in [-0.2, -0.15) is 5.10 Å². The molecule has 1 saturated carbocycles. The van der Waals surface area contributed by atoms with Crippen LogP contribution in [0.2, 0.25) is 0 Å². The topological polar surface area (TPSA) is 87.5 Å². The molecule has 132 valence electrons. The molecule has 1 aliphatic heterocycles. The summed E-state index contributed by atoms with van der Waals surface area (Å²) in [6.07, 6.45) is 5.38. The summed E-state index contributed by atoms with van der Waals surface area (Å²) in [5, 5.41) is 16.4. The Morgan fingerprint density at radius 1 is 1.38 bits per heavy atom. The number of hydrogen-bond donors (Lipinski definition) is 2. The Labute approximate surface area is 142 Å². The fourth-order valence-electron chi connectivity index (χ4n) is 3.70. The minimum atomic E-state index is -0.818. The van der Waals surface area contributed by atoms with Gasteiger partial charge in [0.05, 0.1) is 18.5 Å². The molecule has 0 unspecified atom stereocenters. The monoisotopic (exact) mass is 334 g/mol. The van der Waals surface area contributed by atoms with Crippen LogP contribution in [0.3, 0.4) is 0 Å². The van der Waals surface area contributed by atoms with Gasteiger partial charge in [-0.05, 0) is 30.7 Å². The SMILES string of the molecule is CC(C)[C@H]1CN(CC(=O)O)C[C@@H]1NC(=O)C1(Cn2cccn2)CC1. The van der Waals surface area contributed by atoms with Crippen molar-refractivity contribution in [3.05, 3.63) is 18.5 Å². The number of hydrogen-bond acceptors (Lipinski definition) is 4. The summed E-state index contributed by atoms with van der Waals surface area (Å²) in [5.74, 6) is -0.0446. The maximum Gasteiger partial charge on any atom is 0.317 e. The van der Waals surface area contributed by atoms with Crippen molar-refractivity contribution in [1.82, 2.24) is 20.0 Å². The van der Waals surface area contributed by atoms with E-state index in [0.717, 1.165) is 19.4 Å². The number of rotatable bonds is 7. The van der Waals surface area contributed by atoms with Crippen LogP contribution >= 0.6 is 0 Å². The third kappa shape index (κ3) is 3.61. The molecule has 2 heterocycles. The number of likely N-dealkylation sites (tertiary alicyclic amines) is 1. The Kier molecular flexibility index (Phi) is 4.62. The summed E-state index contributed by atoms with van der Waals surface area (Å²) >= 11 is 0. The molecule has 2 fully saturated rings. The highest BCUT2D eigenvalue weighted by molar-refractivity contribution is 5.85. The van der Waals surface area contributed by atoms with E-state index in [1.165, 1.54) is 0 Å². The maximum absolute atomic E-state index is 12.8. The maximum atomic E-state index is 12.8. The average molecular weight is 334 g/mol. The van der Waals surface area contributed by atoms with Gasteiger partial charge in [-0.25, -0.2) is 0 Å². The zero-order chi connectivity index (χ0) is 17.3. The first-order chi connectivity index (χ1) is 11.4. The van der Waals surface area contributed by atoms with Gasteiger partial charge in [-0.15, -0.1) is 0 Å². The van der Waals surface area contributed by atoms with Crippen LogP contribution in [0.1, 0.15) is 26.7 Å². The molecule has 24 heavy (non-hydrogen) atoms. The smallest absolute Gasteiger partial charge is 0.317 e. The molecular weight excluding hydrogens is 308 g/mol. The van der Waals surface area contributed by atoms with Crippen molar-refractivity contribution in [1.29, 1.82) is 0 Å². The van der Waals surface area contributed by atoms with Crippen LogP contribution in [0, 0.1) is 17.3 Å². The highest BCUT2D eigenvalue weighted by atomic mass is 16.4. The Bertz CT molecular complexity index is 595. The standard InChI is InChI=1S/C17H26N4O3/c1-12(2)13-8-20(10-15(22)23)9-14(13)19-16(24)17(4-5-17)11-21-7-3-6-18-21/h3,6-7,12-14H,4-5,8-11H2,1-2H3,(H,19,24)(H,22,23)/t13-,14+/m1/s1. The van der Waals surface area contributed by atoms with E-state index in [-0.39, 0.29) is 29.8 Å². The van der Waals surface area contributed by atoms with Gasteiger partial charge in [-0.3, -0.25) is 19.2 Å². The summed E-state index contributed by atoms with van der Waals surface area (Å²) in [4.78, 5) is 25.7. The van der Waals surface area contributed by atoms with E-state index in [9.17, 15) is 9.59 Å². The number of nitrogens with one attached hydrogen (secondary N) is 1. The normalized spacial score (nSPS) is 25.8. The highest BCUT2D eigenvalue weighted by Gasteiger charge is 2.51. The van der Waals surface area contributed by atoms with Gasteiger partial charge in [0.25, 0.3) is 0 Å². The molecule has 3 rings (SSSR count). The lowest BCUT2D eigenvalue weighted by molar-refractivity contribution is -0.138. The molecule has 2 atom stereocenters. The fraction of sp³-hybridized carbons (Fsp3) is 0.706. The number of amides is 1. The molecule has 0 aromatic carbocycles. The minimum absolute atomic E-state index is 0.0203. The number of aromatic nitrogens is 2. The Morgan fingerprint density at radius 3 is 2.67 bits per heavy atom. The summed E-state index contributed by atoms with van der Waals surface area (Å²) in [6.45, 7) is 6.24. The lowest BCUT2D eigenvalue weighted by atomic mass is 9.90. The van der Waals surface area contributed by atoms with Gasteiger partial charge in [0, 0.05) is 31.5 Å². The molecule has 0 spiro atoms. The quantitative estimate of drug-likeness (QED) is 0.771. The van der Waals surface area contributed by atoms with Gasteiger partial charge >= 0.3 is 5.97 Å². The van der Waals surface area contributed by atoms with Crippen LogP contribution in [0.4, 0.5) is 0 Å². The van der Waals surface area contributed by atoms with Crippen molar-refractivity contribution < 1.29 is 14.7 Å². The van der Waals surface area contributed by atoms with Crippen molar-refractivity contribution in [2.24, 2.45) is 17.3 Å². The summed E-state index contributed by atoms with van der Waals surface area (Å²) in [5.41, 5.74) is -0.340. The number of nitrogens with zero attached hydrogens (tertiary/aromatic N) is 3. The van der Waals surface area contributed by atoms with Gasteiger partial charge in [-0.1, -0.05) is 13.8 Å². The van der Waals surface area contributed by atoms with E-state index in [1.807, 2.05) is 21.8 Å². The van der Waals surface area contributed by atoms with Crippen LogP contribution in [0.25, 0.3) is 0 Å². The first-order valence-electron chi connectivity index (χ1n) is 8.62. The summed E-state index contributed by atoms with van der Waals surface area (Å²) in [7, 11) is 0. The summed E-state index contributed by atoms with van der Waals surface area (Å²) in [6, 6.07) is 1.88. The molecule has 7 nitrogen and oxygen atoms in total. The largest absolute Gasteiger partial charge is 0.480 e. The third-order valence-electron chi connectivity index (χ3n) is 5.33. The average Bonchev–Trinajstić information content (AvgIpc) is 2.91. The van der Waals surface area contributed by atoms with Crippen molar-refractivity contribution in [2.75, 3.05) is 19.6 Å². The Balaban J connectivity index is 1.63. The second kappa shape index (κ2) is 6.55. The zero-order valence-corrected chi connectivity index (χ0v) is 14.3. The number of carbonyl (C=O) groups excluding carboxylic acids is 1. The van der Waals surface area contributed by atoms with Crippen LogP contribution in [-0.2, 0) is 16.1 Å². The van der Waals surface area contributed by atoms with E-state index in [0.29, 0.717) is 19.0 Å². The molecule has 2 N–H and O–H groups in total. The molecule has 7 heteroatoms. The molecular formula is C17H26N4O3. The van der Waals surface area contributed by atoms with Crippen molar-refractivity contribution in [3.63, 3.8) is 0 Å². The van der Waals surface area contributed by atoms with Gasteiger partial charge in [0.1, 0.15) is 0 Å². The Hall–Kier alpha value is -1.89. The minimum Gasteiger partial charge on any atom is -0.480 e. The van der Waals surface area contributed by atoms with Crippen LogP contribution in [0.15, 0.2) is 18.5 Å². The second-order valence-corrected chi connectivity index (χ2v) is 7.56. The number of carboxylic acids is 1. The van der Waals surface area contributed by atoms with E-state index in [1.54, 1.807) is 6.20 Å². The fourth-order valence-corrected chi connectivity index (χ4v) is 3.70. The highest BCUT2D eigenvalue weighted by Crippen LogP contribution is 2.47. The first kappa shape index (κ1) is 17.0. The third-order valence-corrected chi connectivity index (χ3v) is 5.33. The van der Waals surface area contributed by atoms with Gasteiger partial charge < -0.3 is 10.4 Å².